The fourth-order valence-corrected chi connectivity index (χ4v) is 1.75. The molecular formula is C18H20O4. The second-order valence-electron chi connectivity index (χ2n) is 4.71. The zero-order valence-electron chi connectivity index (χ0n) is 12.6. The Kier molecular flexibility index (Phi) is 6.30. The average Bonchev–Trinajstić information content (AvgIpc) is 2.56. The van der Waals surface area contributed by atoms with Crippen molar-refractivity contribution in [3.8, 4) is 11.5 Å². The Hall–Kier alpha value is -2.49. The van der Waals surface area contributed by atoms with Gasteiger partial charge >= 0.3 is 12.3 Å². The van der Waals surface area contributed by atoms with E-state index >= 15 is 0 Å². The predicted octanol–water partition coefficient (Wildman–Crippen LogP) is 3.81. The summed E-state index contributed by atoms with van der Waals surface area (Å²) in [5.74, 6) is 0.577. The Morgan fingerprint density at radius 3 is 1.86 bits per heavy atom. The molecule has 22 heavy (non-hydrogen) atoms. The van der Waals surface area contributed by atoms with Gasteiger partial charge in [0.15, 0.2) is 0 Å². The van der Waals surface area contributed by atoms with Crippen molar-refractivity contribution < 1.29 is 19.0 Å². The molecule has 0 heterocycles. The summed E-state index contributed by atoms with van der Waals surface area (Å²) >= 11 is 0. The maximum Gasteiger partial charge on any atom is 0.389 e. The molecule has 2 rings (SSSR count). The van der Waals surface area contributed by atoms with Crippen LogP contribution in [0.5, 0.6) is 11.5 Å². The molecule has 0 fully saturated rings. The Morgan fingerprint density at radius 2 is 1.41 bits per heavy atom. The van der Waals surface area contributed by atoms with Crippen LogP contribution in [0.2, 0.25) is 0 Å². The van der Waals surface area contributed by atoms with E-state index in [4.69, 9.17) is 14.2 Å². The summed E-state index contributed by atoms with van der Waals surface area (Å²) in [6, 6.07) is 18.1. The topological polar surface area (TPSA) is 44.8 Å². The van der Waals surface area contributed by atoms with Crippen molar-refractivity contribution in [1.29, 1.82) is 0 Å². The second kappa shape index (κ2) is 8.72. The van der Waals surface area contributed by atoms with Gasteiger partial charge in [-0.15, -0.1) is 0 Å². The van der Waals surface area contributed by atoms with Crippen LogP contribution in [-0.4, -0.2) is 18.9 Å². The third-order valence-electron chi connectivity index (χ3n) is 2.91. The standard InChI is InChI=1S/C18H20O4/c1-2-3-14-20-17(19)18(21-15-10-6-4-7-11-15)22-16-12-8-5-9-13-16/h4-13,18H,2-3,14H2,1H3. The number of ether oxygens (including phenoxy) is 3. The Morgan fingerprint density at radius 1 is 0.909 bits per heavy atom. The number of hydrogen-bond acceptors (Lipinski definition) is 4. The number of carbonyl (C=O) groups is 1. The third kappa shape index (κ3) is 5.13. The smallest absolute Gasteiger partial charge is 0.389 e. The molecular weight excluding hydrogens is 280 g/mol. The summed E-state index contributed by atoms with van der Waals surface area (Å²) in [6.07, 6.45) is 0.647. The van der Waals surface area contributed by atoms with Crippen molar-refractivity contribution >= 4 is 5.97 Å². The van der Waals surface area contributed by atoms with Gasteiger partial charge in [-0.1, -0.05) is 49.7 Å². The summed E-state index contributed by atoms with van der Waals surface area (Å²) < 4.78 is 16.4. The number of para-hydroxylation sites is 2. The van der Waals surface area contributed by atoms with Gasteiger partial charge in [0.2, 0.25) is 0 Å². The molecule has 0 saturated carbocycles. The lowest BCUT2D eigenvalue weighted by Crippen LogP contribution is -2.35. The van der Waals surface area contributed by atoms with Crippen LogP contribution in [0.1, 0.15) is 19.8 Å². The number of esters is 1. The van der Waals surface area contributed by atoms with Crippen LogP contribution in [-0.2, 0) is 9.53 Å². The maximum absolute atomic E-state index is 12.2. The Labute approximate surface area is 130 Å². The molecule has 0 radical (unpaired) electrons. The van der Waals surface area contributed by atoms with Crippen molar-refractivity contribution in [3.05, 3.63) is 60.7 Å². The van der Waals surface area contributed by atoms with E-state index in [0.717, 1.165) is 12.8 Å². The fraction of sp³-hybridized carbons (Fsp3) is 0.278. The highest BCUT2D eigenvalue weighted by Crippen LogP contribution is 2.16. The van der Waals surface area contributed by atoms with Crippen molar-refractivity contribution in [3.63, 3.8) is 0 Å². The van der Waals surface area contributed by atoms with Crippen molar-refractivity contribution in [1.82, 2.24) is 0 Å². The molecule has 0 aliphatic heterocycles. The molecule has 0 N–H and O–H groups in total. The number of benzene rings is 2. The highest BCUT2D eigenvalue weighted by molar-refractivity contribution is 5.74. The molecule has 0 amide bonds. The van der Waals surface area contributed by atoms with Gasteiger partial charge in [0.1, 0.15) is 11.5 Å². The molecule has 0 aromatic heterocycles. The van der Waals surface area contributed by atoms with Crippen molar-refractivity contribution in [2.75, 3.05) is 6.61 Å². The molecule has 0 spiro atoms. The first-order valence-corrected chi connectivity index (χ1v) is 7.39. The molecule has 0 atom stereocenters. The van der Waals surface area contributed by atoms with Crippen LogP contribution >= 0.6 is 0 Å². The highest BCUT2D eigenvalue weighted by atomic mass is 16.7. The number of carbonyl (C=O) groups excluding carboxylic acids is 1. The first-order chi connectivity index (χ1) is 10.8. The lowest BCUT2D eigenvalue weighted by atomic mass is 10.3. The van der Waals surface area contributed by atoms with E-state index in [0.29, 0.717) is 18.1 Å². The molecule has 0 aliphatic carbocycles. The second-order valence-corrected chi connectivity index (χ2v) is 4.71. The SMILES string of the molecule is CCCCOC(=O)C(Oc1ccccc1)Oc1ccccc1. The molecule has 116 valence electrons. The van der Waals surface area contributed by atoms with E-state index in [9.17, 15) is 4.79 Å². The molecule has 2 aromatic rings. The van der Waals surface area contributed by atoms with Gasteiger partial charge in [-0.05, 0) is 30.7 Å². The summed E-state index contributed by atoms with van der Waals surface area (Å²) in [6.45, 7) is 2.40. The van der Waals surface area contributed by atoms with E-state index < -0.39 is 12.3 Å². The first kappa shape index (κ1) is 15.9. The Balaban J connectivity index is 2.04. The molecule has 2 aromatic carbocycles. The van der Waals surface area contributed by atoms with Gasteiger partial charge in [-0.25, -0.2) is 4.79 Å². The van der Waals surface area contributed by atoms with Crippen LogP contribution in [0, 0.1) is 0 Å². The van der Waals surface area contributed by atoms with Crippen molar-refractivity contribution in [2.45, 2.75) is 26.1 Å². The van der Waals surface area contributed by atoms with E-state index in [1.54, 1.807) is 24.3 Å². The molecule has 4 nitrogen and oxygen atoms in total. The number of rotatable bonds is 8. The molecule has 0 bridgehead atoms. The summed E-state index contributed by atoms with van der Waals surface area (Å²) in [4.78, 5) is 12.2. The third-order valence-corrected chi connectivity index (χ3v) is 2.91. The lowest BCUT2D eigenvalue weighted by Gasteiger charge is -2.19. The van der Waals surface area contributed by atoms with E-state index in [2.05, 4.69) is 0 Å². The van der Waals surface area contributed by atoms with Gasteiger partial charge in [0.25, 0.3) is 0 Å². The Bertz CT molecular complexity index is 512. The van der Waals surface area contributed by atoms with Gasteiger partial charge in [-0.3, -0.25) is 0 Å². The molecule has 0 saturated heterocycles. The molecule has 0 unspecified atom stereocenters. The lowest BCUT2D eigenvalue weighted by molar-refractivity contribution is -0.165. The summed E-state index contributed by atoms with van der Waals surface area (Å²) in [7, 11) is 0. The predicted molar refractivity (Wildman–Crippen MR) is 83.8 cm³/mol. The van der Waals surface area contributed by atoms with Crippen LogP contribution in [0.15, 0.2) is 60.7 Å². The minimum absolute atomic E-state index is 0.363. The summed E-state index contributed by atoms with van der Waals surface area (Å²) in [5, 5.41) is 0. The number of unbranched alkanes of at least 4 members (excludes halogenated alkanes) is 1. The molecule has 0 aliphatic rings. The molecule has 4 heteroatoms. The zero-order chi connectivity index (χ0) is 15.6. The zero-order valence-corrected chi connectivity index (χ0v) is 12.6. The first-order valence-electron chi connectivity index (χ1n) is 7.39. The van der Waals surface area contributed by atoms with Crippen molar-refractivity contribution in [2.24, 2.45) is 0 Å². The minimum Gasteiger partial charge on any atom is -0.460 e. The highest BCUT2D eigenvalue weighted by Gasteiger charge is 2.24. The van der Waals surface area contributed by atoms with Crippen LogP contribution in [0.3, 0.4) is 0 Å². The average molecular weight is 300 g/mol. The fourth-order valence-electron chi connectivity index (χ4n) is 1.75. The monoisotopic (exact) mass is 300 g/mol. The van der Waals surface area contributed by atoms with E-state index in [1.807, 2.05) is 43.3 Å². The summed E-state index contributed by atoms with van der Waals surface area (Å²) in [5.41, 5.74) is 0. The van der Waals surface area contributed by atoms with Gasteiger partial charge in [-0.2, -0.15) is 0 Å². The van der Waals surface area contributed by atoms with Gasteiger partial charge in [0.05, 0.1) is 6.61 Å². The van der Waals surface area contributed by atoms with Gasteiger partial charge < -0.3 is 14.2 Å². The van der Waals surface area contributed by atoms with Gasteiger partial charge in [0, 0.05) is 0 Å². The van der Waals surface area contributed by atoms with Crippen LogP contribution < -0.4 is 9.47 Å². The van der Waals surface area contributed by atoms with E-state index in [-0.39, 0.29) is 0 Å². The van der Waals surface area contributed by atoms with Crippen LogP contribution in [0.4, 0.5) is 0 Å². The normalized spacial score (nSPS) is 10.3. The minimum atomic E-state index is -1.12. The maximum atomic E-state index is 12.2. The number of hydrogen-bond donors (Lipinski definition) is 0. The van der Waals surface area contributed by atoms with Crippen LogP contribution in [0.25, 0.3) is 0 Å². The van der Waals surface area contributed by atoms with E-state index in [1.165, 1.54) is 0 Å². The largest absolute Gasteiger partial charge is 0.460 e. The quantitative estimate of drug-likeness (QED) is 0.422.